The number of aliphatic hydroxyl groups excluding tert-OH is 1. The van der Waals surface area contributed by atoms with Crippen LogP contribution >= 0.6 is 0 Å². The van der Waals surface area contributed by atoms with Crippen LogP contribution in [0.2, 0.25) is 0 Å². The van der Waals surface area contributed by atoms with Crippen molar-refractivity contribution in [3.63, 3.8) is 0 Å². The first kappa shape index (κ1) is 27.7. The molecule has 2 heterocycles. The molecule has 0 bridgehead atoms. The summed E-state index contributed by atoms with van der Waals surface area (Å²) in [5.74, 6) is 0.0765. The van der Waals surface area contributed by atoms with Crippen LogP contribution in [0.4, 0.5) is 0 Å². The number of likely N-dealkylation sites (N-methyl/N-ethyl adjacent to an activating group) is 1. The van der Waals surface area contributed by atoms with E-state index in [9.17, 15) is 14.7 Å². The van der Waals surface area contributed by atoms with Crippen LogP contribution in [0.1, 0.15) is 69.7 Å². The minimum Gasteiger partial charge on any atom is -0.507 e. The van der Waals surface area contributed by atoms with Crippen molar-refractivity contribution in [2.45, 2.75) is 65.5 Å². The molecule has 0 radical (unpaired) electrons. The first-order chi connectivity index (χ1) is 18.4. The van der Waals surface area contributed by atoms with Crippen LogP contribution in [0.15, 0.2) is 48.0 Å². The predicted molar refractivity (Wildman–Crippen MR) is 148 cm³/mol. The van der Waals surface area contributed by atoms with Crippen LogP contribution in [0.3, 0.4) is 0 Å². The van der Waals surface area contributed by atoms with Gasteiger partial charge in [-0.05, 0) is 67.9 Å². The van der Waals surface area contributed by atoms with Gasteiger partial charge >= 0.3 is 0 Å². The first-order valence-corrected chi connectivity index (χ1v) is 13.9. The quantitative estimate of drug-likeness (QED) is 0.176. The molecule has 1 amide bonds. The number of hydrogen-bond acceptors (Lipinski definition) is 6. The number of likely N-dealkylation sites (tertiary alicyclic amines) is 1. The normalized spacial score (nSPS) is 20.2. The van der Waals surface area contributed by atoms with Gasteiger partial charge in [-0.15, -0.1) is 0 Å². The molecule has 204 valence electrons. The standard InChI is InChI=1S/C31H40N2O5/c1-5-8-9-17-37-25-12-10-11-22(20-25)28-27(30(35)31(36)33(28)16-15-32(6-2)7-3)29(34)23-13-14-26-24(19-23)18-21(4)38-26/h10-14,19-21,28,34H,5-9,15-18H2,1-4H3/b29-27+/t21-,28-/m0/s1. The molecule has 0 unspecified atom stereocenters. The molecule has 1 fully saturated rings. The van der Waals surface area contributed by atoms with E-state index in [0.29, 0.717) is 31.0 Å². The smallest absolute Gasteiger partial charge is 0.295 e. The van der Waals surface area contributed by atoms with Crippen molar-refractivity contribution in [1.29, 1.82) is 0 Å². The zero-order valence-corrected chi connectivity index (χ0v) is 23.0. The van der Waals surface area contributed by atoms with Gasteiger partial charge in [0.1, 0.15) is 23.4 Å². The van der Waals surface area contributed by atoms with E-state index in [-0.39, 0.29) is 17.4 Å². The SMILES string of the molecule is CCCCCOc1cccc([C@H]2/C(=C(\O)c3ccc4c(c3)C[C@H](C)O4)C(=O)C(=O)N2CCN(CC)CC)c1. The third-order valence-corrected chi connectivity index (χ3v) is 7.45. The van der Waals surface area contributed by atoms with Gasteiger partial charge in [0.15, 0.2) is 0 Å². The van der Waals surface area contributed by atoms with Crippen molar-refractivity contribution in [1.82, 2.24) is 9.80 Å². The average molecular weight is 521 g/mol. The van der Waals surface area contributed by atoms with Crippen LogP contribution in [0.5, 0.6) is 11.5 Å². The Labute approximate surface area is 226 Å². The van der Waals surface area contributed by atoms with Gasteiger partial charge in [0, 0.05) is 25.1 Å². The summed E-state index contributed by atoms with van der Waals surface area (Å²) >= 11 is 0. The molecule has 0 aromatic heterocycles. The lowest BCUT2D eigenvalue weighted by atomic mass is 9.94. The number of aliphatic hydroxyl groups is 1. The summed E-state index contributed by atoms with van der Waals surface area (Å²) in [5, 5.41) is 11.5. The average Bonchev–Trinajstić information content (AvgIpc) is 3.42. The fourth-order valence-corrected chi connectivity index (χ4v) is 5.29. The number of benzene rings is 2. The third-order valence-electron chi connectivity index (χ3n) is 7.45. The molecular formula is C31H40N2O5. The predicted octanol–water partition coefficient (Wildman–Crippen LogP) is 5.34. The second-order valence-corrected chi connectivity index (χ2v) is 10.1. The van der Waals surface area contributed by atoms with Gasteiger partial charge < -0.3 is 24.4 Å². The number of hydrogen-bond donors (Lipinski definition) is 1. The maximum Gasteiger partial charge on any atom is 0.295 e. The van der Waals surface area contributed by atoms with E-state index in [0.717, 1.165) is 55.6 Å². The first-order valence-electron chi connectivity index (χ1n) is 13.9. The molecule has 1 saturated heterocycles. The van der Waals surface area contributed by atoms with Crippen molar-refractivity contribution in [3.8, 4) is 11.5 Å². The van der Waals surface area contributed by atoms with Gasteiger partial charge in [-0.3, -0.25) is 9.59 Å². The number of ether oxygens (including phenoxy) is 2. The van der Waals surface area contributed by atoms with E-state index < -0.39 is 17.7 Å². The van der Waals surface area contributed by atoms with E-state index in [4.69, 9.17) is 9.47 Å². The topological polar surface area (TPSA) is 79.3 Å². The van der Waals surface area contributed by atoms with Gasteiger partial charge in [0.05, 0.1) is 18.2 Å². The molecule has 7 nitrogen and oxygen atoms in total. The van der Waals surface area contributed by atoms with Crippen LogP contribution in [0.25, 0.3) is 5.76 Å². The van der Waals surface area contributed by atoms with Crippen LogP contribution in [-0.4, -0.2) is 65.5 Å². The molecule has 2 aliphatic heterocycles. The fourth-order valence-electron chi connectivity index (χ4n) is 5.29. The molecule has 0 aliphatic carbocycles. The van der Waals surface area contributed by atoms with E-state index in [2.05, 4.69) is 25.7 Å². The van der Waals surface area contributed by atoms with Crippen molar-refractivity contribution >= 4 is 17.4 Å². The number of amides is 1. The summed E-state index contributed by atoms with van der Waals surface area (Å²) < 4.78 is 11.8. The zero-order valence-electron chi connectivity index (χ0n) is 23.0. The van der Waals surface area contributed by atoms with E-state index in [1.807, 2.05) is 43.3 Å². The number of carbonyl (C=O) groups excluding carboxylic acids is 2. The Balaban J connectivity index is 1.73. The molecule has 2 aromatic carbocycles. The van der Waals surface area contributed by atoms with Gasteiger partial charge in [0.2, 0.25) is 0 Å². The molecule has 4 rings (SSSR count). The monoisotopic (exact) mass is 520 g/mol. The highest BCUT2D eigenvalue weighted by Crippen LogP contribution is 2.41. The minimum atomic E-state index is -0.701. The van der Waals surface area contributed by atoms with Crippen LogP contribution in [-0.2, 0) is 16.0 Å². The Morgan fingerprint density at radius 3 is 2.63 bits per heavy atom. The van der Waals surface area contributed by atoms with E-state index >= 15 is 0 Å². The third kappa shape index (κ3) is 5.88. The molecule has 0 saturated carbocycles. The van der Waals surface area contributed by atoms with Gasteiger partial charge in [0.25, 0.3) is 11.7 Å². The molecule has 38 heavy (non-hydrogen) atoms. The Kier molecular flexibility index (Phi) is 9.10. The molecule has 1 N–H and O–H groups in total. The Morgan fingerprint density at radius 1 is 1.11 bits per heavy atom. The van der Waals surface area contributed by atoms with Gasteiger partial charge in [-0.25, -0.2) is 0 Å². The number of nitrogens with zero attached hydrogens (tertiary/aromatic N) is 2. The molecule has 7 heteroatoms. The lowest BCUT2D eigenvalue weighted by Gasteiger charge is -2.28. The highest BCUT2D eigenvalue weighted by molar-refractivity contribution is 6.46. The molecule has 2 atom stereocenters. The molecule has 2 aliphatic rings. The highest BCUT2D eigenvalue weighted by atomic mass is 16.5. The lowest BCUT2D eigenvalue weighted by Crippen LogP contribution is -2.38. The van der Waals surface area contributed by atoms with Gasteiger partial charge in [-0.2, -0.15) is 0 Å². The minimum absolute atomic E-state index is 0.0631. The largest absolute Gasteiger partial charge is 0.507 e. The summed E-state index contributed by atoms with van der Waals surface area (Å²) in [6.45, 7) is 11.6. The van der Waals surface area contributed by atoms with Crippen LogP contribution in [0, 0.1) is 0 Å². The number of unbranched alkanes of at least 4 members (excludes halogenated alkanes) is 2. The second kappa shape index (κ2) is 12.5. The maximum absolute atomic E-state index is 13.4. The summed E-state index contributed by atoms with van der Waals surface area (Å²) in [6, 6.07) is 12.3. The number of Topliss-reactive ketones (excluding diaryl/α,β-unsaturated/α-hetero) is 1. The number of rotatable bonds is 12. The molecule has 0 spiro atoms. The van der Waals surface area contributed by atoms with Crippen molar-refractivity contribution < 1.29 is 24.2 Å². The number of carbonyl (C=O) groups is 2. The van der Waals surface area contributed by atoms with Crippen LogP contribution < -0.4 is 9.47 Å². The van der Waals surface area contributed by atoms with E-state index in [1.54, 1.807) is 11.0 Å². The summed E-state index contributed by atoms with van der Waals surface area (Å²) in [4.78, 5) is 30.6. The number of ketones is 1. The molecule has 2 aromatic rings. The summed E-state index contributed by atoms with van der Waals surface area (Å²) in [5.41, 5.74) is 2.36. The fraction of sp³-hybridized carbons (Fsp3) is 0.484. The lowest BCUT2D eigenvalue weighted by molar-refractivity contribution is -0.140. The van der Waals surface area contributed by atoms with E-state index in [1.165, 1.54) is 0 Å². The van der Waals surface area contributed by atoms with Crippen molar-refractivity contribution in [2.24, 2.45) is 0 Å². The highest BCUT2D eigenvalue weighted by Gasteiger charge is 2.46. The number of fused-ring (bicyclic) bond motifs is 1. The maximum atomic E-state index is 13.4. The van der Waals surface area contributed by atoms with Gasteiger partial charge in [-0.1, -0.05) is 45.7 Å². The Bertz CT molecular complexity index is 1190. The Morgan fingerprint density at radius 2 is 1.89 bits per heavy atom. The summed E-state index contributed by atoms with van der Waals surface area (Å²) in [7, 11) is 0. The van der Waals surface area contributed by atoms with Crippen molar-refractivity contribution in [3.05, 3.63) is 64.7 Å². The van der Waals surface area contributed by atoms with Crippen molar-refractivity contribution in [2.75, 3.05) is 32.8 Å². The summed E-state index contributed by atoms with van der Waals surface area (Å²) in [6.07, 6.45) is 3.96. The molecular weight excluding hydrogens is 480 g/mol. The second-order valence-electron chi connectivity index (χ2n) is 10.1. The zero-order chi connectivity index (χ0) is 27.2. The Hall–Kier alpha value is -3.32.